The molecule has 4 aromatic rings. The fraction of sp³-hybridized carbons (Fsp3) is 0. The maximum Gasteiger partial charge on any atom is 0.137 e. The van der Waals surface area contributed by atoms with Crippen LogP contribution in [0.1, 0.15) is 0 Å². The van der Waals surface area contributed by atoms with Crippen LogP contribution in [-0.2, 0) is 0 Å². The molecule has 0 amide bonds. The van der Waals surface area contributed by atoms with Gasteiger partial charge in [0.05, 0.1) is 22.8 Å². The molecule has 24 heavy (non-hydrogen) atoms. The Morgan fingerprint density at radius 1 is 0.833 bits per heavy atom. The van der Waals surface area contributed by atoms with Crippen LogP contribution in [0, 0.1) is 5.82 Å². The van der Waals surface area contributed by atoms with Gasteiger partial charge in [-0.05, 0) is 35.4 Å². The van der Waals surface area contributed by atoms with Crippen molar-refractivity contribution < 1.29 is 14.6 Å². The summed E-state index contributed by atoms with van der Waals surface area (Å²) in [6.45, 7) is 0. The summed E-state index contributed by atoms with van der Waals surface area (Å²) in [5.41, 5.74) is 3.09. The Hall–Kier alpha value is -3.34. The standard InChI is InChI=1S/C19H13FN2O2/c20-18-9-16(24)10-19-17(18)11-21-22(19)14-6-4-12(5-7-14)13-2-1-3-15(23)8-13/h1-11,23-24H. The molecule has 0 saturated carbocycles. The largest absolute Gasteiger partial charge is 0.508 e. The Bertz CT molecular complexity index is 1040. The highest BCUT2D eigenvalue weighted by Gasteiger charge is 2.11. The number of benzene rings is 3. The normalized spacial score (nSPS) is 11.0. The summed E-state index contributed by atoms with van der Waals surface area (Å²) in [6, 6.07) is 17.1. The van der Waals surface area contributed by atoms with E-state index in [9.17, 15) is 14.6 Å². The van der Waals surface area contributed by atoms with Crippen molar-refractivity contribution in [3.8, 4) is 28.3 Å². The van der Waals surface area contributed by atoms with Crippen LogP contribution in [0.2, 0.25) is 0 Å². The molecule has 0 aliphatic heterocycles. The van der Waals surface area contributed by atoms with Crippen molar-refractivity contribution >= 4 is 10.9 Å². The predicted molar refractivity (Wildman–Crippen MR) is 89.8 cm³/mol. The first kappa shape index (κ1) is 14.3. The van der Waals surface area contributed by atoms with Gasteiger partial charge in [0, 0.05) is 12.1 Å². The smallest absolute Gasteiger partial charge is 0.137 e. The van der Waals surface area contributed by atoms with Gasteiger partial charge < -0.3 is 10.2 Å². The molecule has 5 heteroatoms. The summed E-state index contributed by atoms with van der Waals surface area (Å²) < 4.78 is 15.4. The summed E-state index contributed by atoms with van der Waals surface area (Å²) in [5.74, 6) is -0.439. The third-order valence-corrected chi connectivity index (χ3v) is 3.91. The number of phenolic OH excluding ortho intramolecular Hbond substituents is 2. The van der Waals surface area contributed by atoms with E-state index in [1.54, 1.807) is 22.9 Å². The number of phenols is 2. The minimum Gasteiger partial charge on any atom is -0.508 e. The highest BCUT2D eigenvalue weighted by molar-refractivity contribution is 5.82. The first-order valence-electron chi connectivity index (χ1n) is 7.38. The van der Waals surface area contributed by atoms with Crippen LogP contribution in [-0.4, -0.2) is 20.0 Å². The SMILES string of the molecule is Oc1cccc(-c2ccc(-n3ncc4c(F)cc(O)cc43)cc2)c1. The van der Waals surface area contributed by atoms with Crippen molar-refractivity contribution in [3.05, 3.63) is 72.7 Å². The molecule has 0 atom stereocenters. The summed E-state index contributed by atoms with van der Waals surface area (Å²) >= 11 is 0. The van der Waals surface area contributed by atoms with Crippen molar-refractivity contribution in [2.75, 3.05) is 0 Å². The molecule has 0 aliphatic rings. The summed E-state index contributed by atoms with van der Waals surface area (Å²) in [6.07, 6.45) is 1.44. The Morgan fingerprint density at radius 2 is 1.62 bits per heavy atom. The predicted octanol–water partition coefficient (Wildman–Crippen LogP) is 4.24. The molecule has 3 aromatic carbocycles. The quantitative estimate of drug-likeness (QED) is 0.581. The van der Waals surface area contributed by atoms with Crippen molar-refractivity contribution in [1.82, 2.24) is 9.78 Å². The van der Waals surface area contributed by atoms with E-state index >= 15 is 0 Å². The molecule has 4 rings (SSSR count). The second-order valence-electron chi connectivity index (χ2n) is 5.51. The van der Waals surface area contributed by atoms with Gasteiger partial charge in [-0.3, -0.25) is 0 Å². The molecule has 0 bridgehead atoms. The number of aromatic nitrogens is 2. The van der Waals surface area contributed by atoms with Gasteiger partial charge in [-0.15, -0.1) is 0 Å². The van der Waals surface area contributed by atoms with Gasteiger partial charge in [0.25, 0.3) is 0 Å². The fourth-order valence-corrected chi connectivity index (χ4v) is 2.76. The van der Waals surface area contributed by atoms with Crippen molar-refractivity contribution in [1.29, 1.82) is 0 Å². The first-order chi connectivity index (χ1) is 11.6. The molecule has 4 nitrogen and oxygen atoms in total. The molecule has 118 valence electrons. The molecule has 0 unspecified atom stereocenters. The third-order valence-electron chi connectivity index (χ3n) is 3.91. The number of halogens is 1. The van der Waals surface area contributed by atoms with E-state index in [1.165, 1.54) is 12.3 Å². The second-order valence-corrected chi connectivity index (χ2v) is 5.51. The summed E-state index contributed by atoms with van der Waals surface area (Å²) in [5, 5.41) is 23.8. The van der Waals surface area contributed by atoms with Crippen molar-refractivity contribution in [2.45, 2.75) is 0 Å². The van der Waals surface area contributed by atoms with E-state index < -0.39 is 5.82 Å². The summed E-state index contributed by atoms with van der Waals surface area (Å²) in [7, 11) is 0. The molecule has 0 aliphatic carbocycles. The zero-order valence-electron chi connectivity index (χ0n) is 12.5. The Morgan fingerprint density at radius 3 is 2.38 bits per heavy atom. The van der Waals surface area contributed by atoms with Crippen LogP contribution < -0.4 is 0 Å². The van der Waals surface area contributed by atoms with Crippen LogP contribution in [0.15, 0.2) is 66.9 Å². The van der Waals surface area contributed by atoms with E-state index in [4.69, 9.17) is 0 Å². The van der Waals surface area contributed by atoms with Gasteiger partial charge in [0.1, 0.15) is 17.3 Å². The van der Waals surface area contributed by atoms with E-state index in [-0.39, 0.29) is 11.5 Å². The molecule has 0 fully saturated rings. The fourth-order valence-electron chi connectivity index (χ4n) is 2.76. The minimum absolute atomic E-state index is 0.141. The lowest BCUT2D eigenvalue weighted by Gasteiger charge is -2.07. The molecule has 0 spiro atoms. The number of nitrogens with zero attached hydrogens (tertiary/aromatic N) is 2. The highest BCUT2D eigenvalue weighted by Crippen LogP contribution is 2.28. The topological polar surface area (TPSA) is 58.3 Å². The second kappa shape index (κ2) is 5.38. The van der Waals surface area contributed by atoms with Gasteiger partial charge >= 0.3 is 0 Å². The number of aromatic hydroxyl groups is 2. The van der Waals surface area contributed by atoms with Gasteiger partial charge in [0.2, 0.25) is 0 Å². The lowest BCUT2D eigenvalue weighted by molar-refractivity contribution is 0.470. The number of rotatable bonds is 2. The molecule has 1 aromatic heterocycles. The Balaban J connectivity index is 1.78. The van der Waals surface area contributed by atoms with Crippen LogP contribution in [0.3, 0.4) is 0 Å². The average molecular weight is 320 g/mol. The molecule has 1 heterocycles. The van der Waals surface area contributed by atoms with Gasteiger partial charge in [-0.1, -0.05) is 24.3 Å². The first-order valence-corrected chi connectivity index (χ1v) is 7.38. The van der Waals surface area contributed by atoms with Crippen molar-refractivity contribution in [2.24, 2.45) is 0 Å². The number of hydrogen-bond acceptors (Lipinski definition) is 3. The maximum atomic E-state index is 13.9. The van der Waals surface area contributed by atoms with Crippen LogP contribution in [0.5, 0.6) is 11.5 Å². The van der Waals surface area contributed by atoms with Gasteiger partial charge in [-0.25, -0.2) is 9.07 Å². The van der Waals surface area contributed by atoms with E-state index in [2.05, 4.69) is 5.10 Å². The van der Waals surface area contributed by atoms with Gasteiger partial charge in [-0.2, -0.15) is 5.10 Å². The molecular weight excluding hydrogens is 307 g/mol. The zero-order chi connectivity index (χ0) is 16.7. The summed E-state index contributed by atoms with van der Waals surface area (Å²) in [4.78, 5) is 0. The number of fused-ring (bicyclic) bond motifs is 1. The molecule has 0 saturated heterocycles. The lowest BCUT2D eigenvalue weighted by atomic mass is 10.1. The van der Waals surface area contributed by atoms with Crippen molar-refractivity contribution in [3.63, 3.8) is 0 Å². The van der Waals surface area contributed by atoms with E-state index in [0.29, 0.717) is 10.9 Å². The van der Waals surface area contributed by atoms with E-state index in [1.807, 2.05) is 30.3 Å². The van der Waals surface area contributed by atoms with Crippen LogP contribution >= 0.6 is 0 Å². The minimum atomic E-state index is -0.507. The van der Waals surface area contributed by atoms with E-state index in [0.717, 1.165) is 22.9 Å². The average Bonchev–Trinajstić information content (AvgIpc) is 2.99. The van der Waals surface area contributed by atoms with Crippen LogP contribution in [0.4, 0.5) is 4.39 Å². The Labute approximate surface area is 137 Å². The maximum absolute atomic E-state index is 13.9. The molecule has 2 N–H and O–H groups in total. The highest BCUT2D eigenvalue weighted by atomic mass is 19.1. The number of hydrogen-bond donors (Lipinski definition) is 2. The third kappa shape index (κ3) is 2.36. The monoisotopic (exact) mass is 320 g/mol. The molecule has 0 radical (unpaired) electrons. The Kier molecular flexibility index (Phi) is 3.20. The molecular formula is C19H13FN2O2. The zero-order valence-corrected chi connectivity index (χ0v) is 12.5. The lowest BCUT2D eigenvalue weighted by Crippen LogP contribution is -1.95. The van der Waals surface area contributed by atoms with Crippen LogP contribution in [0.25, 0.3) is 27.7 Å². The van der Waals surface area contributed by atoms with Gasteiger partial charge in [0.15, 0.2) is 0 Å².